The van der Waals surface area contributed by atoms with Crippen molar-refractivity contribution in [3.63, 3.8) is 0 Å². The molecule has 2 heterocycles. The number of carbonyl (C=O) groups is 1. The number of benzene rings is 1. The lowest BCUT2D eigenvalue weighted by Crippen LogP contribution is -2.09. The average Bonchev–Trinajstić information content (AvgIpc) is 3.04. The Morgan fingerprint density at radius 2 is 2.00 bits per heavy atom. The van der Waals surface area contributed by atoms with Crippen LogP contribution in [0.4, 0.5) is 5.82 Å². The monoisotopic (exact) mass is 325 g/mol. The molecule has 0 fully saturated rings. The molecule has 0 spiro atoms. The number of nitrogens with one attached hydrogen (secondary N) is 1. The van der Waals surface area contributed by atoms with Crippen LogP contribution in [0.25, 0.3) is 0 Å². The lowest BCUT2D eigenvalue weighted by Gasteiger charge is -2.07. The highest BCUT2D eigenvalue weighted by atomic mass is 32.1. The standard InChI is InChI=1S/C17H15N3O2S/c18-17(21)12-8-15(23-11-12)10-20-16-7-6-14(9-19-16)22-13-4-2-1-3-5-13/h1-9,11H,10H2,(H2,18,21)(H,19,20). The summed E-state index contributed by atoms with van der Waals surface area (Å²) in [5.41, 5.74) is 5.77. The summed E-state index contributed by atoms with van der Waals surface area (Å²) in [6.07, 6.45) is 1.67. The van der Waals surface area contributed by atoms with Gasteiger partial charge in [0.1, 0.15) is 17.3 Å². The van der Waals surface area contributed by atoms with Crippen LogP contribution in [0.1, 0.15) is 15.2 Å². The molecule has 1 amide bonds. The first-order valence-electron chi connectivity index (χ1n) is 7.01. The number of pyridine rings is 1. The highest BCUT2D eigenvalue weighted by molar-refractivity contribution is 7.10. The number of hydrogen-bond donors (Lipinski definition) is 2. The first kappa shape index (κ1) is 15.1. The van der Waals surface area contributed by atoms with Gasteiger partial charge in [-0.15, -0.1) is 11.3 Å². The maximum Gasteiger partial charge on any atom is 0.249 e. The average molecular weight is 325 g/mol. The van der Waals surface area contributed by atoms with Crippen molar-refractivity contribution in [2.75, 3.05) is 5.32 Å². The Morgan fingerprint density at radius 3 is 2.65 bits per heavy atom. The molecule has 6 heteroatoms. The van der Waals surface area contributed by atoms with E-state index in [2.05, 4.69) is 10.3 Å². The van der Waals surface area contributed by atoms with Crippen molar-refractivity contribution in [2.24, 2.45) is 5.73 Å². The molecule has 3 aromatic rings. The van der Waals surface area contributed by atoms with E-state index in [4.69, 9.17) is 10.5 Å². The molecule has 2 aromatic heterocycles. The van der Waals surface area contributed by atoms with Gasteiger partial charge in [-0.2, -0.15) is 0 Å². The van der Waals surface area contributed by atoms with E-state index in [9.17, 15) is 4.79 Å². The van der Waals surface area contributed by atoms with Crippen LogP contribution in [0.2, 0.25) is 0 Å². The second kappa shape index (κ2) is 6.93. The zero-order valence-electron chi connectivity index (χ0n) is 12.2. The Balaban J connectivity index is 1.57. The van der Waals surface area contributed by atoms with Crippen molar-refractivity contribution in [3.05, 3.63) is 70.5 Å². The smallest absolute Gasteiger partial charge is 0.249 e. The predicted octanol–water partition coefficient (Wildman–Crippen LogP) is 3.65. The van der Waals surface area contributed by atoms with Crippen molar-refractivity contribution in [1.82, 2.24) is 4.98 Å². The summed E-state index contributed by atoms with van der Waals surface area (Å²) in [6.45, 7) is 0.587. The second-order valence-corrected chi connectivity index (χ2v) is 5.81. The molecule has 0 bridgehead atoms. The highest BCUT2D eigenvalue weighted by Gasteiger charge is 2.05. The molecule has 116 valence electrons. The molecule has 0 saturated carbocycles. The van der Waals surface area contributed by atoms with Crippen molar-refractivity contribution < 1.29 is 9.53 Å². The number of ether oxygens (including phenoxy) is 1. The number of aromatic nitrogens is 1. The summed E-state index contributed by atoms with van der Waals surface area (Å²) < 4.78 is 5.69. The van der Waals surface area contributed by atoms with Gasteiger partial charge in [0.15, 0.2) is 0 Å². The summed E-state index contributed by atoms with van der Waals surface area (Å²) >= 11 is 1.49. The maximum atomic E-state index is 11.1. The lowest BCUT2D eigenvalue weighted by atomic mass is 10.3. The summed E-state index contributed by atoms with van der Waals surface area (Å²) in [5, 5.41) is 4.95. The Hall–Kier alpha value is -2.86. The van der Waals surface area contributed by atoms with E-state index in [1.54, 1.807) is 17.6 Å². The van der Waals surface area contributed by atoms with Crippen molar-refractivity contribution in [3.8, 4) is 11.5 Å². The molecular weight excluding hydrogens is 310 g/mol. The van der Waals surface area contributed by atoms with Gasteiger partial charge in [-0.05, 0) is 30.3 Å². The van der Waals surface area contributed by atoms with Crippen molar-refractivity contribution in [1.29, 1.82) is 0 Å². The fraction of sp³-hybridized carbons (Fsp3) is 0.0588. The summed E-state index contributed by atoms with van der Waals surface area (Å²) in [6, 6.07) is 15.0. The van der Waals surface area contributed by atoms with E-state index in [0.717, 1.165) is 16.4 Å². The molecule has 3 N–H and O–H groups in total. The van der Waals surface area contributed by atoms with Gasteiger partial charge < -0.3 is 15.8 Å². The third-order valence-corrected chi connectivity index (χ3v) is 4.03. The Labute approximate surface area is 137 Å². The molecule has 0 radical (unpaired) electrons. The SMILES string of the molecule is NC(=O)c1csc(CNc2ccc(Oc3ccccc3)cn2)c1. The second-order valence-electron chi connectivity index (χ2n) is 4.81. The minimum Gasteiger partial charge on any atom is -0.456 e. The van der Waals surface area contributed by atoms with Gasteiger partial charge in [-0.1, -0.05) is 18.2 Å². The quantitative estimate of drug-likeness (QED) is 0.725. The van der Waals surface area contributed by atoms with Crippen LogP contribution in [-0.4, -0.2) is 10.9 Å². The molecule has 3 rings (SSSR count). The van der Waals surface area contributed by atoms with E-state index < -0.39 is 5.91 Å². The van der Waals surface area contributed by atoms with Gasteiger partial charge in [0.25, 0.3) is 0 Å². The van der Waals surface area contributed by atoms with Gasteiger partial charge in [-0.25, -0.2) is 4.98 Å². The van der Waals surface area contributed by atoms with Crippen LogP contribution in [0.5, 0.6) is 11.5 Å². The van der Waals surface area contributed by atoms with Crippen LogP contribution in [0, 0.1) is 0 Å². The van der Waals surface area contributed by atoms with Gasteiger partial charge in [0, 0.05) is 10.3 Å². The van der Waals surface area contributed by atoms with E-state index in [1.807, 2.05) is 42.5 Å². The van der Waals surface area contributed by atoms with Gasteiger partial charge in [0.05, 0.1) is 18.3 Å². The van der Waals surface area contributed by atoms with Crippen molar-refractivity contribution in [2.45, 2.75) is 6.54 Å². The third-order valence-electron chi connectivity index (χ3n) is 3.10. The molecule has 0 saturated heterocycles. The number of anilines is 1. The number of nitrogens with two attached hydrogens (primary N) is 1. The summed E-state index contributed by atoms with van der Waals surface area (Å²) in [7, 11) is 0. The third kappa shape index (κ3) is 4.08. The number of amides is 1. The lowest BCUT2D eigenvalue weighted by molar-refractivity contribution is 0.100. The zero-order valence-corrected chi connectivity index (χ0v) is 13.0. The Morgan fingerprint density at radius 1 is 1.17 bits per heavy atom. The minimum absolute atomic E-state index is 0.409. The van der Waals surface area contributed by atoms with E-state index in [-0.39, 0.29) is 0 Å². The Kier molecular flexibility index (Phi) is 4.54. The first-order chi connectivity index (χ1) is 11.2. The number of carbonyl (C=O) groups excluding carboxylic acids is 1. The summed E-state index contributed by atoms with van der Waals surface area (Å²) in [4.78, 5) is 16.4. The molecule has 0 atom stereocenters. The molecule has 0 aliphatic heterocycles. The highest BCUT2D eigenvalue weighted by Crippen LogP contribution is 2.21. The van der Waals surface area contributed by atoms with Crippen molar-refractivity contribution >= 4 is 23.1 Å². The largest absolute Gasteiger partial charge is 0.456 e. The molecule has 23 heavy (non-hydrogen) atoms. The zero-order chi connectivity index (χ0) is 16.1. The van der Waals surface area contributed by atoms with Crippen LogP contribution < -0.4 is 15.8 Å². The number of nitrogens with zero attached hydrogens (tertiary/aromatic N) is 1. The van der Waals surface area contributed by atoms with Gasteiger partial charge >= 0.3 is 0 Å². The Bertz CT molecular complexity index is 785. The van der Waals surface area contributed by atoms with Crippen LogP contribution in [0.3, 0.4) is 0 Å². The maximum absolute atomic E-state index is 11.1. The fourth-order valence-electron chi connectivity index (χ4n) is 1.95. The van der Waals surface area contributed by atoms with E-state index in [1.165, 1.54) is 11.3 Å². The van der Waals surface area contributed by atoms with E-state index in [0.29, 0.717) is 17.9 Å². The van der Waals surface area contributed by atoms with E-state index >= 15 is 0 Å². The van der Waals surface area contributed by atoms with Crippen LogP contribution in [-0.2, 0) is 6.54 Å². The number of thiophene rings is 1. The predicted molar refractivity (Wildman–Crippen MR) is 90.9 cm³/mol. The molecule has 0 unspecified atom stereocenters. The molecule has 0 aliphatic rings. The number of para-hydroxylation sites is 1. The van der Waals surface area contributed by atoms with Gasteiger partial charge in [0.2, 0.25) is 5.91 Å². The first-order valence-corrected chi connectivity index (χ1v) is 7.89. The normalized spacial score (nSPS) is 10.3. The topological polar surface area (TPSA) is 77.2 Å². The van der Waals surface area contributed by atoms with Crippen LogP contribution in [0.15, 0.2) is 60.1 Å². The summed E-state index contributed by atoms with van der Waals surface area (Å²) in [5.74, 6) is 1.77. The van der Waals surface area contributed by atoms with Crippen LogP contribution >= 0.6 is 11.3 Å². The number of rotatable bonds is 6. The number of primary amides is 1. The van der Waals surface area contributed by atoms with Gasteiger partial charge in [-0.3, -0.25) is 4.79 Å². The molecular formula is C17H15N3O2S. The number of hydrogen-bond acceptors (Lipinski definition) is 5. The fourth-order valence-corrected chi connectivity index (χ4v) is 2.76. The molecule has 5 nitrogen and oxygen atoms in total. The molecule has 0 aliphatic carbocycles. The minimum atomic E-state index is -0.409. The molecule has 1 aromatic carbocycles.